The summed E-state index contributed by atoms with van der Waals surface area (Å²) in [6.07, 6.45) is 61.6. The van der Waals surface area contributed by atoms with Gasteiger partial charge in [-0.1, -0.05) is 229 Å². The van der Waals surface area contributed by atoms with Gasteiger partial charge in [-0.2, -0.15) is 0 Å². The molecule has 0 fully saturated rings. The van der Waals surface area contributed by atoms with E-state index in [1.165, 1.54) is 154 Å². The monoisotopic (exact) mass is 868 g/mol. The molecule has 0 aliphatic heterocycles. The van der Waals surface area contributed by atoms with E-state index in [-0.39, 0.29) is 24.9 Å². The van der Waals surface area contributed by atoms with Crippen LogP contribution in [0.1, 0.15) is 258 Å². The Morgan fingerprint density at radius 2 is 0.855 bits per heavy atom. The second kappa shape index (κ2) is 49.6. The van der Waals surface area contributed by atoms with Crippen molar-refractivity contribution in [2.75, 3.05) is 6.61 Å². The maximum absolute atomic E-state index is 13.2. The van der Waals surface area contributed by atoms with E-state index in [0.29, 0.717) is 19.3 Å². The molecule has 3 atom stereocenters. The number of amides is 1. The average Bonchev–Trinajstić information content (AvgIpc) is 3.26. The lowest BCUT2D eigenvalue weighted by Crippen LogP contribution is -2.46. The molecule has 0 saturated carbocycles. The van der Waals surface area contributed by atoms with Crippen molar-refractivity contribution in [2.24, 2.45) is 0 Å². The van der Waals surface area contributed by atoms with Crippen LogP contribution in [0, 0.1) is 0 Å². The molecule has 0 heterocycles. The number of nitrogens with one attached hydrogen (secondary N) is 1. The van der Waals surface area contributed by atoms with Gasteiger partial charge in [0.05, 0.1) is 25.2 Å². The average molecular weight is 868 g/mol. The van der Waals surface area contributed by atoms with Crippen LogP contribution in [0.25, 0.3) is 0 Å². The highest BCUT2D eigenvalue weighted by atomic mass is 16.5. The summed E-state index contributed by atoms with van der Waals surface area (Å²) in [6.45, 7) is 6.41. The van der Waals surface area contributed by atoms with Gasteiger partial charge in [-0.3, -0.25) is 9.59 Å². The van der Waals surface area contributed by atoms with Crippen molar-refractivity contribution >= 4 is 11.9 Å². The lowest BCUT2D eigenvalue weighted by molar-refractivity contribution is -0.150. The third-order valence-corrected chi connectivity index (χ3v) is 11.8. The number of rotatable bonds is 47. The molecule has 6 nitrogen and oxygen atoms in total. The van der Waals surface area contributed by atoms with E-state index < -0.39 is 18.2 Å². The minimum absolute atomic E-state index is 0.000492. The van der Waals surface area contributed by atoms with Crippen molar-refractivity contribution < 1.29 is 24.5 Å². The first-order chi connectivity index (χ1) is 30.5. The molecular formula is C56H101NO5. The molecule has 3 N–H and O–H groups in total. The van der Waals surface area contributed by atoms with Gasteiger partial charge in [0, 0.05) is 12.8 Å². The lowest BCUT2D eigenvalue weighted by Gasteiger charge is -2.24. The lowest BCUT2D eigenvalue weighted by atomic mass is 10.0. The Hall–Kier alpha value is -2.44. The maximum atomic E-state index is 13.2. The summed E-state index contributed by atoms with van der Waals surface area (Å²) in [4.78, 5) is 26.1. The second-order valence-corrected chi connectivity index (χ2v) is 17.9. The molecule has 0 aliphatic carbocycles. The molecule has 0 bridgehead atoms. The van der Waals surface area contributed by atoms with Gasteiger partial charge in [-0.05, 0) is 70.6 Å². The quantitative estimate of drug-likeness (QED) is 0.0322. The number of unbranched alkanes of at least 4 members (excludes halogenated alkanes) is 26. The van der Waals surface area contributed by atoms with Crippen LogP contribution in [0.2, 0.25) is 0 Å². The topological polar surface area (TPSA) is 95.9 Å². The summed E-state index contributed by atoms with van der Waals surface area (Å²) >= 11 is 0. The van der Waals surface area contributed by atoms with Crippen LogP contribution >= 0.6 is 0 Å². The third-order valence-electron chi connectivity index (χ3n) is 11.8. The van der Waals surface area contributed by atoms with Crippen molar-refractivity contribution in [3.05, 3.63) is 60.8 Å². The Labute approximate surface area is 384 Å². The first kappa shape index (κ1) is 59.6. The molecule has 0 aromatic rings. The van der Waals surface area contributed by atoms with Crippen molar-refractivity contribution in [3.8, 4) is 0 Å². The second-order valence-electron chi connectivity index (χ2n) is 17.9. The molecule has 0 aliphatic rings. The fraction of sp³-hybridized carbons (Fsp3) is 0.786. The molecule has 0 rings (SSSR count). The number of hydrogen-bond donors (Lipinski definition) is 3. The van der Waals surface area contributed by atoms with Crippen molar-refractivity contribution in [1.29, 1.82) is 0 Å². The fourth-order valence-electron chi connectivity index (χ4n) is 7.76. The van der Waals surface area contributed by atoms with Gasteiger partial charge in [-0.15, -0.1) is 0 Å². The van der Waals surface area contributed by atoms with Crippen LogP contribution in [0.5, 0.6) is 0 Å². The van der Waals surface area contributed by atoms with Crippen molar-refractivity contribution in [3.63, 3.8) is 0 Å². The predicted molar refractivity (Wildman–Crippen MR) is 268 cm³/mol. The molecule has 0 radical (unpaired) electrons. The Kier molecular flexibility index (Phi) is 47.6. The zero-order valence-corrected chi connectivity index (χ0v) is 41.0. The number of esters is 1. The van der Waals surface area contributed by atoms with E-state index in [1.54, 1.807) is 0 Å². The number of ether oxygens (including phenoxy) is 1. The Bertz CT molecular complexity index is 1110. The molecule has 62 heavy (non-hydrogen) atoms. The molecule has 3 unspecified atom stereocenters. The Balaban J connectivity index is 4.64. The van der Waals surface area contributed by atoms with Gasteiger partial charge in [0.15, 0.2) is 0 Å². The summed E-state index contributed by atoms with van der Waals surface area (Å²) in [5.41, 5.74) is 0. The van der Waals surface area contributed by atoms with Crippen LogP contribution in [0.3, 0.4) is 0 Å². The van der Waals surface area contributed by atoms with Gasteiger partial charge >= 0.3 is 5.97 Å². The van der Waals surface area contributed by atoms with Gasteiger partial charge in [0.25, 0.3) is 0 Å². The summed E-state index contributed by atoms with van der Waals surface area (Å²) in [5.74, 6) is -0.576. The number of hydrogen-bond acceptors (Lipinski definition) is 5. The standard InChI is InChI=1S/C56H101NO5/c1-4-7-10-13-16-19-21-23-25-26-27-28-30-32-34-37-40-43-46-49-56(61)62-52(47-44-41-38-36-33-31-29-24-22-20-17-14-11-8-5-2)50-55(60)57-53(51-58)54(59)48-45-42-39-35-18-15-12-9-6-3/h17,20,23-25,29,33,36,41,44,52-54,58-59H,4-16,18-19,21-22,26-28,30-32,34-35,37-40,42-43,45-51H2,1-3H3,(H,57,60)/b20-17-,25-23+,29-24-,36-33-,44-41-. The van der Waals surface area contributed by atoms with E-state index in [0.717, 1.165) is 57.8 Å². The summed E-state index contributed by atoms with van der Waals surface area (Å²) in [5, 5.41) is 23.6. The predicted octanol–water partition coefficient (Wildman–Crippen LogP) is 16.0. The normalized spacial score (nSPS) is 13.7. The van der Waals surface area contributed by atoms with Crippen LogP contribution in [-0.4, -0.2) is 46.9 Å². The Morgan fingerprint density at radius 1 is 0.484 bits per heavy atom. The largest absolute Gasteiger partial charge is 0.461 e. The molecular weight excluding hydrogens is 767 g/mol. The molecule has 0 saturated heterocycles. The van der Waals surface area contributed by atoms with E-state index in [1.807, 2.05) is 6.08 Å². The summed E-state index contributed by atoms with van der Waals surface area (Å²) in [6, 6.07) is -0.730. The highest BCUT2D eigenvalue weighted by Gasteiger charge is 2.23. The third kappa shape index (κ3) is 44.2. The SMILES string of the molecule is CCCCC/C=C\C/C=C\C/C=C\C/C=C\CC(CC(=O)NC(CO)C(O)CCCCCCCCCCC)OC(=O)CCCCCCCCCCC/C=C/CCCCCCCC. The van der Waals surface area contributed by atoms with E-state index in [4.69, 9.17) is 4.74 Å². The molecule has 360 valence electrons. The highest BCUT2D eigenvalue weighted by molar-refractivity contribution is 5.77. The zero-order valence-electron chi connectivity index (χ0n) is 41.0. The van der Waals surface area contributed by atoms with Gasteiger partial charge in [-0.25, -0.2) is 0 Å². The maximum Gasteiger partial charge on any atom is 0.306 e. The van der Waals surface area contributed by atoms with Crippen LogP contribution in [-0.2, 0) is 14.3 Å². The number of allylic oxidation sites excluding steroid dienone is 9. The molecule has 6 heteroatoms. The van der Waals surface area contributed by atoms with E-state index in [9.17, 15) is 19.8 Å². The van der Waals surface area contributed by atoms with Crippen LogP contribution < -0.4 is 5.32 Å². The first-order valence-electron chi connectivity index (χ1n) is 26.5. The fourth-order valence-corrected chi connectivity index (χ4v) is 7.76. The van der Waals surface area contributed by atoms with Crippen LogP contribution in [0.15, 0.2) is 60.8 Å². The minimum atomic E-state index is -0.810. The number of carbonyl (C=O) groups excluding carboxylic acids is 2. The molecule has 0 aromatic heterocycles. The zero-order chi connectivity index (χ0) is 45.2. The van der Waals surface area contributed by atoms with E-state index >= 15 is 0 Å². The molecule has 1 amide bonds. The molecule has 0 aromatic carbocycles. The first-order valence-corrected chi connectivity index (χ1v) is 26.5. The highest BCUT2D eigenvalue weighted by Crippen LogP contribution is 2.16. The minimum Gasteiger partial charge on any atom is -0.461 e. The Morgan fingerprint density at radius 3 is 1.34 bits per heavy atom. The summed E-state index contributed by atoms with van der Waals surface area (Å²) in [7, 11) is 0. The smallest absolute Gasteiger partial charge is 0.306 e. The van der Waals surface area contributed by atoms with Crippen molar-refractivity contribution in [1.82, 2.24) is 5.32 Å². The number of aliphatic hydroxyl groups is 2. The van der Waals surface area contributed by atoms with Crippen LogP contribution in [0.4, 0.5) is 0 Å². The van der Waals surface area contributed by atoms with Gasteiger partial charge in [0.2, 0.25) is 5.91 Å². The van der Waals surface area contributed by atoms with Gasteiger partial charge in [0.1, 0.15) is 6.10 Å². The van der Waals surface area contributed by atoms with E-state index in [2.05, 4.69) is 80.8 Å². The number of aliphatic hydroxyl groups excluding tert-OH is 2. The van der Waals surface area contributed by atoms with Crippen molar-refractivity contribution in [2.45, 2.75) is 277 Å². The van der Waals surface area contributed by atoms with Gasteiger partial charge < -0.3 is 20.3 Å². The summed E-state index contributed by atoms with van der Waals surface area (Å²) < 4.78 is 5.87. The number of carbonyl (C=O) groups is 2. The molecule has 0 spiro atoms.